The second-order valence-electron chi connectivity index (χ2n) is 5.28. The van der Waals surface area contributed by atoms with Gasteiger partial charge in [-0.1, -0.05) is 13.8 Å². The zero-order valence-corrected chi connectivity index (χ0v) is 11.6. The van der Waals surface area contributed by atoms with Crippen molar-refractivity contribution in [3.63, 3.8) is 0 Å². The van der Waals surface area contributed by atoms with Crippen molar-refractivity contribution < 1.29 is 13.2 Å². The van der Waals surface area contributed by atoms with Gasteiger partial charge in [0.2, 0.25) is 0 Å². The minimum Gasteiger partial charge on any atom is -0.383 e. The number of nitrogens with zero attached hydrogens (tertiary/aromatic N) is 3. The quantitative estimate of drug-likeness (QED) is 0.820. The maximum Gasteiger partial charge on any atom is 0.273 e. The Kier molecular flexibility index (Phi) is 3.20. The van der Waals surface area contributed by atoms with Gasteiger partial charge in [-0.25, -0.2) is 13.6 Å². The van der Waals surface area contributed by atoms with Crippen molar-refractivity contribution in [2.75, 3.05) is 13.7 Å². The third-order valence-corrected chi connectivity index (χ3v) is 4.16. The summed E-state index contributed by atoms with van der Waals surface area (Å²) < 4.78 is 29.4. The van der Waals surface area contributed by atoms with E-state index in [2.05, 4.69) is 24.0 Å². The van der Waals surface area contributed by atoms with Gasteiger partial charge in [-0.3, -0.25) is 4.57 Å². The van der Waals surface area contributed by atoms with E-state index in [0.717, 1.165) is 6.42 Å². The molecule has 0 radical (unpaired) electrons. The molecule has 0 aromatic carbocycles. The molecule has 1 aliphatic rings. The number of hydrogen-bond acceptors (Lipinski definition) is 5. The Bertz CT molecular complexity index is 549. The highest BCUT2D eigenvalue weighted by Gasteiger charge is 2.50. The summed E-state index contributed by atoms with van der Waals surface area (Å²) in [5.74, 6) is 0.915. The molecule has 1 unspecified atom stereocenters. The summed E-state index contributed by atoms with van der Waals surface area (Å²) >= 11 is 0. The number of primary sulfonamides is 1. The highest BCUT2D eigenvalue weighted by atomic mass is 32.2. The molecule has 0 bridgehead atoms. The summed E-state index contributed by atoms with van der Waals surface area (Å²) in [6, 6.07) is 0. The molecule has 0 aliphatic heterocycles. The Balaban J connectivity index is 2.39. The molecule has 7 nitrogen and oxygen atoms in total. The van der Waals surface area contributed by atoms with Crippen molar-refractivity contribution in [3.05, 3.63) is 5.82 Å². The molecule has 0 spiro atoms. The largest absolute Gasteiger partial charge is 0.383 e. The first-order valence-electron chi connectivity index (χ1n) is 5.72. The Morgan fingerprint density at radius 3 is 2.56 bits per heavy atom. The van der Waals surface area contributed by atoms with Crippen molar-refractivity contribution in [1.29, 1.82) is 0 Å². The zero-order valence-electron chi connectivity index (χ0n) is 10.8. The topological polar surface area (TPSA) is 100 Å². The standard InChI is InChI=1S/C10H18N4O3S/c1-10(2)6-7(10)8-12-13-9(18(11,15)16)14(8)4-5-17-3/h7H,4-6H2,1-3H3,(H2,11,15,16). The van der Waals surface area contributed by atoms with Crippen LogP contribution in [0.5, 0.6) is 0 Å². The zero-order chi connectivity index (χ0) is 13.6. The van der Waals surface area contributed by atoms with Crippen LogP contribution in [0.1, 0.15) is 32.0 Å². The van der Waals surface area contributed by atoms with Gasteiger partial charge in [0, 0.05) is 19.6 Å². The highest BCUT2D eigenvalue weighted by molar-refractivity contribution is 7.89. The Morgan fingerprint density at radius 2 is 2.11 bits per heavy atom. The number of sulfonamides is 1. The summed E-state index contributed by atoms with van der Waals surface area (Å²) in [5.41, 5.74) is 0.146. The minimum absolute atomic E-state index is 0.146. The Morgan fingerprint density at radius 1 is 1.50 bits per heavy atom. The van der Waals surface area contributed by atoms with Crippen LogP contribution in [0.2, 0.25) is 0 Å². The van der Waals surface area contributed by atoms with Crippen LogP contribution in [0.25, 0.3) is 0 Å². The average Bonchev–Trinajstić information content (AvgIpc) is 2.72. The lowest BCUT2D eigenvalue weighted by molar-refractivity contribution is 0.183. The lowest BCUT2D eigenvalue weighted by Crippen LogP contribution is -2.21. The Labute approximate surface area is 106 Å². The summed E-state index contributed by atoms with van der Waals surface area (Å²) in [7, 11) is -2.30. The fraction of sp³-hybridized carbons (Fsp3) is 0.800. The van der Waals surface area contributed by atoms with E-state index >= 15 is 0 Å². The van der Waals surface area contributed by atoms with Crippen LogP contribution in [-0.4, -0.2) is 36.9 Å². The number of ether oxygens (including phenoxy) is 1. The number of nitrogens with two attached hydrogens (primary N) is 1. The SMILES string of the molecule is COCCn1c(C2CC2(C)C)nnc1S(N)(=O)=O. The van der Waals surface area contributed by atoms with Crippen LogP contribution in [0.4, 0.5) is 0 Å². The van der Waals surface area contributed by atoms with Crippen molar-refractivity contribution >= 4 is 10.0 Å². The third kappa shape index (κ3) is 2.40. The fourth-order valence-electron chi connectivity index (χ4n) is 2.07. The van der Waals surface area contributed by atoms with E-state index < -0.39 is 10.0 Å². The van der Waals surface area contributed by atoms with Crippen LogP contribution in [0.3, 0.4) is 0 Å². The first-order chi connectivity index (χ1) is 8.27. The van der Waals surface area contributed by atoms with Gasteiger partial charge in [0.05, 0.1) is 6.61 Å². The second-order valence-corrected chi connectivity index (χ2v) is 6.73. The second kappa shape index (κ2) is 4.29. The predicted octanol–water partition coefficient (Wildman–Crippen LogP) is 0.0854. The molecule has 18 heavy (non-hydrogen) atoms. The number of rotatable bonds is 5. The molecule has 1 atom stereocenters. The number of aromatic nitrogens is 3. The third-order valence-electron chi connectivity index (χ3n) is 3.34. The van der Waals surface area contributed by atoms with Crippen molar-refractivity contribution in [2.45, 2.75) is 37.9 Å². The molecule has 2 N–H and O–H groups in total. The van der Waals surface area contributed by atoms with Gasteiger partial charge >= 0.3 is 0 Å². The van der Waals surface area contributed by atoms with Crippen LogP contribution >= 0.6 is 0 Å². The molecule has 102 valence electrons. The Hall–Kier alpha value is -0.990. The molecule has 1 fully saturated rings. The lowest BCUT2D eigenvalue weighted by atomic mass is 10.1. The maximum atomic E-state index is 11.4. The van der Waals surface area contributed by atoms with E-state index in [1.54, 1.807) is 11.7 Å². The highest BCUT2D eigenvalue weighted by Crippen LogP contribution is 2.58. The van der Waals surface area contributed by atoms with Crippen LogP contribution in [0.15, 0.2) is 5.16 Å². The van der Waals surface area contributed by atoms with Gasteiger partial charge in [-0.05, 0) is 11.8 Å². The summed E-state index contributed by atoms with van der Waals surface area (Å²) in [6.45, 7) is 5.01. The maximum absolute atomic E-state index is 11.4. The van der Waals surface area contributed by atoms with Crippen LogP contribution in [-0.2, 0) is 21.3 Å². The fourth-order valence-corrected chi connectivity index (χ4v) is 2.72. The molecule has 2 rings (SSSR count). The van der Waals surface area contributed by atoms with Crippen LogP contribution in [0, 0.1) is 5.41 Å². The monoisotopic (exact) mass is 274 g/mol. The molecule has 1 saturated carbocycles. The van der Waals surface area contributed by atoms with Gasteiger partial charge in [0.1, 0.15) is 5.82 Å². The minimum atomic E-state index is -3.85. The number of hydrogen-bond donors (Lipinski definition) is 1. The van der Waals surface area contributed by atoms with E-state index in [0.29, 0.717) is 19.0 Å². The molecule has 0 amide bonds. The number of methoxy groups -OCH3 is 1. The van der Waals surface area contributed by atoms with Gasteiger partial charge < -0.3 is 4.74 Å². The molecule has 1 aliphatic carbocycles. The summed E-state index contributed by atoms with van der Waals surface area (Å²) in [6.07, 6.45) is 0.975. The summed E-state index contributed by atoms with van der Waals surface area (Å²) in [5, 5.41) is 12.7. The van der Waals surface area contributed by atoms with E-state index in [1.165, 1.54) is 0 Å². The molecule has 1 aromatic heterocycles. The summed E-state index contributed by atoms with van der Waals surface area (Å²) in [4.78, 5) is 0. The van der Waals surface area contributed by atoms with Crippen molar-refractivity contribution in [2.24, 2.45) is 10.6 Å². The van der Waals surface area contributed by atoms with Gasteiger partial charge in [0.15, 0.2) is 0 Å². The first-order valence-corrected chi connectivity index (χ1v) is 7.27. The van der Waals surface area contributed by atoms with E-state index in [9.17, 15) is 8.42 Å². The normalized spacial score (nSPS) is 22.1. The van der Waals surface area contributed by atoms with E-state index in [1.807, 2.05) is 0 Å². The van der Waals surface area contributed by atoms with Crippen molar-refractivity contribution in [3.8, 4) is 0 Å². The molecular formula is C10H18N4O3S. The van der Waals surface area contributed by atoms with Crippen molar-refractivity contribution in [1.82, 2.24) is 14.8 Å². The van der Waals surface area contributed by atoms with Gasteiger partial charge in [0.25, 0.3) is 15.2 Å². The van der Waals surface area contributed by atoms with Crippen LogP contribution < -0.4 is 5.14 Å². The average molecular weight is 274 g/mol. The van der Waals surface area contributed by atoms with E-state index in [4.69, 9.17) is 9.88 Å². The van der Waals surface area contributed by atoms with Gasteiger partial charge in [-0.2, -0.15) is 0 Å². The predicted molar refractivity (Wildman–Crippen MR) is 64.4 cm³/mol. The molecule has 1 aromatic rings. The lowest BCUT2D eigenvalue weighted by Gasteiger charge is -2.09. The smallest absolute Gasteiger partial charge is 0.273 e. The first kappa shape index (κ1) is 13.4. The molecule has 0 saturated heterocycles. The van der Waals surface area contributed by atoms with E-state index in [-0.39, 0.29) is 16.5 Å². The van der Waals surface area contributed by atoms with Gasteiger partial charge in [-0.15, -0.1) is 10.2 Å². The molecule has 8 heteroatoms. The molecule has 1 heterocycles. The molecular weight excluding hydrogens is 256 g/mol.